The molecule has 23 heavy (non-hydrogen) atoms. The van der Waals surface area contributed by atoms with Crippen molar-refractivity contribution in [1.29, 1.82) is 0 Å². The molecule has 3 heterocycles. The molecule has 1 unspecified atom stereocenters. The largest absolute Gasteiger partial charge is 0.363 e. The summed E-state index contributed by atoms with van der Waals surface area (Å²) in [6.45, 7) is 5.44. The number of aryl methyl sites for hydroxylation is 1. The van der Waals surface area contributed by atoms with Crippen LogP contribution in [0.4, 0.5) is 11.8 Å². The first kappa shape index (κ1) is 16.2. The van der Waals surface area contributed by atoms with Gasteiger partial charge in [0.2, 0.25) is 5.95 Å². The molecule has 1 atom stereocenters. The van der Waals surface area contributed by atoms with Gasteiger partial charge in [-0.2, -0.15) is 4.98 Å². The predicted octanol–water partition coefficient (Wildman–Crippen LogP) is 2.62. The standard InChI is InChI=1S/C17H25N5S/c1-13-5-6-15(23-13)12-22-10-8-14(11-22)21(4)17-18-9-7-16(19-17)20(2)3/h5-7,9,14H,8,10-12H2,1-4H3. The first-order valence-corrected chi connectivity index (χ1v) is 8.85. The highest BCUT2D eigenvalue weighted by molar-refractivity contribution is 7.11. The van der Waals surface area contributed by atoms with Gasteiger partial charge in [-0.15, -0.1) is 11.3 Å². The summed E-state index contributed by atoms with van der Waals surface area (Å²) >= 11 is 1.90. The molecule has 0 aliphatic carbocycles. The fraction of sp³-hybridized carbons (Fsp3) is 0.529. The Labute approximate surface area is 142 Å². The molecule has 2 aromatic rings. The third-order valence-electron chi connectivity index (χ3n) is 4.37. The maximum atomic E-state index is 4.65. The summed E-state index contributed by atoms with van der Waals surface area (Å²) in [4.78, 5) is 18.7. The Hall–Kier alpha value is -1.66. The van der Waals surface area contributed by atoms with Crippen LogP contribution in [-0.4, -0.2) is 55.1 Å². The number of anilines is 2. The molecule has 1 saturated heterocycles. The Kier molecular flexibility index (Phi) is 4.82. The molecule has 1 aliphatic heterocycles. The summed E-state index contributed by atoms with van der Waals surface area (Å²) in [7, 11) is 6.12. The van der Waals surface area contributed by atoms with Crippen LogP contribution in [0.25, 0.3) is 0 Å². The van der Waals surface area contributed by atoms with Crippen molar-refractivity contribution in [3.8, 4) is 0 Å². The summed E-state index contributed by atoms with van der Waals surface area (Å²) in [6.07, 6.45) is 3.01. The molecule has 0 aromatic carbocycles. The highest BCUT2D eigenvalue weighted by atomic mass is 32.1. The second-order valence-corrected chi connectivity index (χ2v) is 7.78. The van der Waals surface area contributed by atoms with Crippen molar-refractivity contribution < 1.29 is 0 Å². The Morgan fingerprint density at radius 2 is 2.09 bits per heavy atom. The Morgan fingerprint density at radius 3 is 2.78 bits per heavy atom. The van der Waals surface area contributed by atoms with Crippen LogP contribution in [0.3, 0.4) is 0 Å². The topological polar surface area (TPSA) is 35.5 Å². The van der Waals surface area contributed by atoms with Gasteiger partial charge in [0.15, 0.2) is 0 Å². The summed E-state index contributed by atoms with van der Waals surface area (Å²) < 4.78 is 0. The first-order valence-electron chi connectivity index (χ1n) is 8.04. The number of aromatic nitrogens is 2. The van der Waals surface area contributed by atoms with Crippen molar-refractivity contribution in [1.82, 2.24) is 14.9 Å². The first-order chi connectivity index (χ1) is 11.0. The smallest absolute Gasteiger partial charge is 0.227 e. The number of rotatable bonds is 5. The van der Waals surface area contributed by atoms with Gasteiger partial charge in [0, 0.05) is 62.8 Å². The molecule has 1 fully saturated rings. The van der Waals surface area contributed by atoms with Crippen molar-refractivity contribution in [2.75, 3.05) is 44.0 Å². The lowest BCUT2D eigenvalue weighted by atomic mass is 10.2. The molecule has 3 rings (SSSR count). The number of likely N-dealkylation sites (tertiary alicyclic amines) is 1. The maximum absolute atomic E-state index is 4.65. The normalized spacial score (nSPS) is 18.3. The number of likely N-dealkylation sites (N-methyl/N-ethyl adjacent to an activating group) is 1. The number of hydrogen-bond donors (Lipinski definition) is 0. The van der Waals surface area contributed by atoms with Crippen molar-refractivity contribution >= 4 is 23.1 Å². The minimum Gasteiger partial charge on any atom is -0.363 e. The third kappa shape index (κ3) is 3.82. The molecule has 0 amide bonds. The Balaban J connectivity index is 1.63. The molecule has 0 spiro atoms. The SMILES string of the molecule is Cc1ccc(CN2CCC(N(C)c3nccc(N(C)C)n3)C2)s1. The van der Waals surface area contributed by atoms with Gasteiger partial charge in [-0.3, -0.25) is 4.90 Å². The van der Waals surface area contributed by atoms with Crippen LogP contribution in [0.2, 0.25) is 0 Å². The van der Waals surface area contributed by atoms with Crippen molar-refractivity contribution in [3.05, 3.63) is 34.2 Å². The quantitative estimate of drug-likeness (QED) is 0.842. The van der Waals surface area contributed by atoms with Gasteiger partial charge in [0.05, 0.1) is 0 Å². The molecular weight excluding hydrogens is 306 g/mol. The van der Waals surface area contributed by atoms with E-state index in [1.165, 1.54) is 9.75 Å². The van der Waals surface area contributed by atoms with E-state index in [9.17, 15) is 0 Å². The van der Waals surface area contributed by atoms with Crippen molar-refractivity contribution in [3.63, 3.8) is 0 Å². The van der Waals surface area contributed by atoms with E-state index in [0.29, 0.717) is 6.04 Å². The van der Waals surface area contributed by atoms with Gasteiger partial charge in [-0.1, -0.05) is 0 Å². The lowest BCUT2D eigenvalue weighted by Crippen LogP contribution is -2.35. The average Bonchev–Trinajstić information content (AvgIpc) is 3.16. The second-order valence-electron chi connectivity index (χ2n) is 6.41. The monoisotopic (exact) mass is 331 g/mol. The lowest BCUT2D eigenvalue weighted by molar-refractivity contribution is 0.328. The van der Waals surface area contributed by atoms with Crippen LogP contribution >= 0.6 is 11.3 Å². The van der Waals surface area contributed by atoms with Crippen LogP contribution in [0, 0.1) is 6.92 Å². The van der Waals surface area contributed by atoms with E-state index in [0.717, 1.165) is 37.8 Å². The molecule has 0 N–H and O–H groups in total. The fourth-order valence-corrected chi connectivity index (χ4v) is 3.92. The highest BCUT2D eigenvalue weighted by Crippen LogP contribution is 2.23. The van der Waals surface area contributed by atoms with E-state index in [-0.39, 0.29) is 0 Å². The Bertz CT molecular complexity index is 654. The van der Waals surface area contributed by atoms with Gasteiger partial charge in [-0.25, -0.2) is 4.98 Å². The molecule has 2 aromatic heterocycles. The molecule has 1 aliphatic rings. The van der Waals surface area contributed by atoms with Crippen LogP contribution in [0.5, 0.6) is 0 Å². The van der Waals surface area contributed by atoms with E-state index in [1.807, 2.05) is 42.6 Å². The van der Waals surface area contributed by atoms with Gasteiger partial charge >= 0.3 is 0 Å². The second kappa shape index (κ2) is 6.84. The maximum Gasteiger partial charge on any atom is 0.227 e. The molecule has 0 bridgehead atoms. The highest BCUT2D eigenvalue weighted by Gasteiger charge is 2.27. The molecule has 6 heteroatoms. The summed E-state index contributed by atoms with van der Waals surface area (Å²) in [6, 6.07) is 6.88. The van der Waals surface area contributed by atoms with Crippen LogP contribution in [0.1, 0.15) is 16.2 Å². The minimum atomic E-state index is 0.480. The summed E-state index contributed by atoms with van der Waals surface area (Å²) in [5.41, 5.74) is 0. The predicted molar refractivity (Wildman–Crippen MR) is 97.5 cm³/mol. The molecule has 0 radical (unpaired) electrons. The summed E-state index contributed by atoms with van der Waals surface area (Å²) in [5.74, 6) is 1.76. The molecule has 5 nitrogen and oxygen atoms in total. The van der Waals surface area contributed by atoms with E-state index in [2.05, 4.69) is 45.9 Å². The number of thiophene rings is 1. The zero-order chi connectivity index (χ0) is 16.4. The van der Waals surface area contributed by atoms with Crippen molar-refractivity contribution in [2.45, 2.75) is 25.9 Å². The summed E-state index contributed by atoms with van der Waals surface area (Å²) in [5, 5.41) is 0. The van der Waals surface area contributed by atoms with Gasteiger partial charge in [0.25, 0.3) is 0 Å². The zero-order valence-electron chi connectivity index (χ0n) is 14.4. The lowest BCUT2D eigenvalue weighted by Gasteiger charge is -2.25. The molecule has 0 saturated carbocycles. The third-order valence-corrected chi connectivity index (χ3v) is 5.36. The van der Waals surface area contributed by atoms with E-state index in [4.69, 9.17) is 0 Å². The van der Waals surface area contributed by atoms with Crippen molar-refractivity contribution in [2.24, 2.45) is 0 Å². The van der Waals surface area contributed by atoms with E-state index in [1.54, 1.807) is 0 Å². The van der Waals surface area contributed by atoms with Crippen LogP contribution in [0.15, 0.2) is 24.4 Å². The van der Waals surface area contributed by atoms with Gasteiger partial charge in [-0.05, 0) is 31.5 Å². The average molecular weight is 331 g/mol. The van der Waals surface area contributed by atoms with Gasteiger partial charge in [0.1, 0.15) is 5.82 Å². The van der Waals surface area contributed by atoms with E-state index >= 15 is 0 Å². The van der Waals surface area contributed by atoms with E-state index < -0.39 is 0 Å². The number of nitrogens with zero attached hydrogens (tertiary/aromatic N) is 5. The molecule has 124 valence electrons. The Morgan fingerprint density at radius 1 is 1.26 bits per heavy atom. The minimum absolute atomic E-state index is 0.480. The zero-order valence-corrected chi connectivity index (χ0v) is 15.2. The van der Waals surface area contributed by atoms with Crippen LogP contribution in [-0.2, 0) is 6.54 Å². The number of hydrogen-bond acceptors (Lipinski definition) is 6. The molecular formula is C17H25N5S. The van der Waals surface area contributed by atoms with Crippen LogP contribution < -0.4 is 9.80 Å². The fourth-order valence-electron chi connectivity index (χ4n) is 2.98. The van der Waals surface area contributed by atoms with Gasteiger partial charge < -0.3 is 9.80 Å².